The van der Waals surface area contributed by atoms with Crippen molar-refractivity contribution < 1.29 is 18.7 Å². The molecule has 0 atom stereocenters. The van der Waals surface area contributed by atoms with Crippen LogP contribution >= 0.6 is 0 Å². The fourth-order valence-corrected chi connectivity index (χ4v) is 2.82. The summed E-state index contributed by atoms with van der Waals surface area (Å²) >= 11 is 0. The van der Waals surface area contributed by atoms with E-state index in [1.54, 1.807) is 7.11 Å². The van der Waals surface area contributed by atoms with Crippen molar-refractivity contribution in [1.82, 2.24) is 15.1 Å². The van der Waals surface area contributed by atoms with Gasteiger partial charge in [0.25, 0.3) is 11.5 Å². The van der Waals surface area contributed by atoms with Crippen molar-refractivity contribution in [2.45, 2.75) is 6.42 Å². The van der Waals surface area contributed by atoms with Gasteiger partial charge in [-0.2, -0.15) is 9.78 Å². The van der Waals surface area contributed by atoms with Gasteiger partial charge in [0.15, 0.2) is 11.4 Å². The Morgan fingerprint density at radius 3 is 2.45 bits per heavy atom. The van der Waals surface area contributed by atoms with E-state index in [9.17, 15) is 14.0 Å². The summed E-state index contributed by atoms with van der Waals surface area (Å²) in [6, 6.07) is 13.9. The van der Waals surface area contributed by atoms with E-state index in [2.05, 4.69) is 10.4 Å². The number of benzene rings is 2. The van der Waals surface area contributed by atoms with Gasteiger partial charge in [-0.1, -0.05) is 18.2 Å². The van der Waals surface area contributed by atoms with Crippen molar-refractivity contribution in [2.75, 3.05) is 20.8 Å². The highest BCUT2D eigenvalue weighted by Gasteiger charge is 2.18. The number of nitrogens with zero attached hydrogens (tertiary/aromatic N) is 2. The van der Waals surface area contributed by atoms with Gasteiger partial charge in [0.1, 0.15) is 11.6 Å². The number of rotatable bonds is 7. The van der Waals surface area contributed by atoms with Crippen LogP contribution in [0.15, 0.2) is 59.4 Å². The summed E-state index contributed by atoms with van der Waals surface area (Å²) in [6.07, 6.45) is 0.551. The molecule has 0 unspecified atom stereocenters. The van der Waals surface area contributed by atoms with Crippen molar-refractivity contribution in [3.63, 3.8) is 0 Å². The molecule has 0 aliphatic carbocycles. The Balaban J connectivity index is 1.81. The minimum Gasteiger partial charge on any atom is -0.496 e. The zero-order valence-corrected chi connectivity index (χ0v) is 16.0. The third-order valence-corrected chi connectivity index (χ3v) is 4.28. The Morgan fingerprint density at radius 1 is 1.07 bits per heavy atom. The molecule has 150 valence electrons. The number of hydrogen-bond donors (Lipinski definition) is 1. The van der Waals surface area contributed by atoms with Gasteiger partial charge < -0.3 is 14.8 Å². The summed E-state index contributed by atoms with van der Waals surface area (Å²) < 4.78 is 24.6. The van der Waals surface area contributed by atoms with Gasteiger partial charge in [0.2, 0.25) is 0 Å². The lowest BCUT2D eigenvalue weighted by molar-refractivity contribution is 0.0943. The molecule has 2 aromatic carbocycles. The first kappa shape index (κ1) is 20.1. The van der Waals surface area contributed by atoms with Crippen LogP contribution in [0.2, 0.25) is 0 Å². The minimum atomic E-state index is -0.501. The molecule has 3 aromatic rings. The highest BCUT2D eigenvalue weighted by atomic mass is 19.1. The summed E-state index contributed by atoms with van der Waals surface area (Å²) in [5, 5.41) is 6.89. The molecule has 0 saturated carbocycles. The van der Waals surface area contributed by atoms with Crippen LogP contribution in [0.25, 0.3) is 5.69 Å². The first-order valence-corrected chi connectivity index (χ1v) is 8.88. The van der Waals surface area contributed by atoms with Crippen LogP contribution in [0, 0.1) is 5.82 Å². The van der Waals surface area contributed by atoms with Gasteiger partial charge in [-0.25, -0.2) is 4.39 Å². The van der Waals surface area contributed by atoms with E-state index < -0.39 is 17.3 Å². The number of methoxy groups -OCH3 is 2. The molecule has 0 fully saturated rings. The zero-order chi connectivity index (χ0) is 20.8. The van der Waals surface area contributed by atoms with Crippen LogP contribution in [-0.2, 0) is 6.42 Å². The van der Waals surface area contributed by atoms with E-state index in [4.69, 9.17) is 9.47 Å². The van der Waals surface area contributed by atoms with E-state index in [1.807, 2.05) is 24.3 Å². The molecule has 0 bridgehead atoms. The first-order valence-electron chi connectivity index (χ1n) is 8.88. The van der Waals surface area contributed by atoms with Crippen LogP contribution in [0.3, 0.4) is 0 Å². The molecule has 1 amide bonds. The first-order chi connectivity index (χ1) is 14.0. The number of nitrogens with one attached hydrogen (secondary N) is 1. The maximum Gasteiger partial charge on any atom is 0.275 e. The standard InChI is InChI=1S/C21H20FN3O4/c1-28-17-6-4-3-5-14(17)11-12-23-21(27)20-18(29-2)13-19(26)25(24-20)16-9-7-15(22)8-10-16/h3-10,13H,11-12H2,1-2H3,(H,23,27). The topological polar surface area (TPSA) is 82.5 Å². The van der Waals surface area contributed by atoms with Crippen molar-refractivity contribution in [2.24, 2.45) is 0 Å². The lowest BCUT2D eigenvalue weighted by atomic mass is 10.1. The monoisotopic (exact) mass is 397 g/mol. The fourth-order valence-electron chi connectivity index (χ4n) is 2.82. The van der Waals surface area contributed by atoms with E-state index >= 15 is 0 Å². The molecule has 1 aromatic heterocycles. The third-order valence-electron chi connectivity index (χ3n) is 4.28. The average Bonchev–Trinajstić information content (AvgIpc) is 2.74. The van der Waals surface area contributed by atoms with E-state index in [0.717, 1.165) is 16.0 Å². The van der Waals surface area contributed by atoms with E-state index in [-0.39, 0.29) is 11.4 Å². The molecular formula is C21H20FN3O4. The average molecular weight is 397 g/mol. The minimum absolute atomic E-state index is 0.0450. The Kier molecular flexibility index (Phi) is 6.23. The molecule has 1 heterocycles. The molecule has 0 aliphatic rings. The van der Waals surface area contributed by atoms with Crippen LogP contribution < -0.4 is 20.3 Å². The van der Waals surface area contributed by atoms with Gasteiger partial charge in [0.05, 0.1) is 26.0 Å². The number of carbonyl (C=O) groups is 1. The number of amides is 1. The van der Waals surface area contributed by atoms with Gasteiger partial charge in [-0.05, 0) is 42.3 Å². The predicted octanol–water partition coefficient (Wildman–Crippen LogP) is 2.36. The molecule has 8 heteroatoms. The van der Waals surface area contributed by atoms with Gasteiger partial charge in [-0.3, -0.25) is 9.59 Å². The molecular weight excluding hydrogens is 377 g/mol. The van der Waals surface area contributed by atoms with Gasteiger partial charge in [-0.15, -0.1) is 0 Å². The molecule has 0 saturated heterocycles. The maximum absolute atomic E-state index is 13.2. The Labute approximate surface area is 166 Å². The molecule has 3 rings (SSSR count). The SMILES string of the molecule is COc1ccccc1CCNC(=O)c1nn(-c2ccc(F)cc2)c(=O)cc1OC. The molecule has 29 heavy (non-hydrogen) atoms. The van der Waals surface area contributed by atoms with Crippen molar-refractivity contribution in [3.05, 3.63) is 82.0 Å². The second kappa shape index (κ2) is 9.01. The Bertz CT molecular complexity index is 1060. The summed E-state index contributed by atoms with van der Waals surface area (Å²) in [6.45, 7) is 0.333. The Hall–Kier alpha value is -3.68. The van der Waals surface area contributed by atoms with Crippen LogP contribution in [-0.4, -0.2) is 36.5 Å². The summed E-state index contributed by atoms with van der Waals surface area (Å²) in [5.41, 5.74) is 0.740. The Morgan fingerprint density at radius 2 is 1.76 bits per heavy atom. The summed E-state index contributed by atoms with van der Waals surface area (Å²) in [7, 11) is 2.94. The molecule has 0 aliphatic heterocycles. The van der Waals surface area contributed by atoms with Gasteiger partial charge in [0, 0.05) is 6.54 Å². The summed E-state index contributed by atoms with van der Waals surface area (Å²) in [5.74, 6) is -0.136. The van der Waals surface area contributed by atoms with E-state index in [0.29, 0.717) is 18.7 Å². The molecule has 1 N–H and O–H groups in total. The lowest BCUT2D eigenvalue weighted by Crippen LogP contribution is -2.31. The van der Waals surface area contributed by atoms with Crippen molar-refractivity contribution in [3.8, 4) is 17.2 Å². The largest absolute Gasteiger partial charge is 0.496 e. The van der Waals surface area contributed by atoms with Crippen molar-refractivity contribution >= 4 is 5.91 Å². The normalized spacial score (nSPS) is 10.4. The smallest absolute Gasteiger partial charge is 0.275 e. The van der Waals surface area contributed by atoms with E-state index in [1.165, 1.54) is 37.4 Å². The zero-order valence-electron chi connectivity index (χ0n) is 16.0. The molecule has 0 radical (unpaired) electrons. The third kappa shape index (κ3) is 4.60. The molecule has 0 spiro atoms. The number of para-hydroxylation sites is 1. The second-order valence-corrected chi connectivity index (χ2v) is 6.11. The quantitative estimate of drug-likeness (QED) is 0.662. The highest BCUT2D eigenvalue weighted by molar-refractivity contribution is 5.94. The van der Waals surface area contributed by atoms with Crippen LogP contribution in [0.4, 0.5) is 4.39 Å². The number of halogens is 1. The highest BCUT2D eigenvalue weighted by Crippen LogP contribution is 2.18. The van der Waals surface area contributed by atoms with Crippen LogP contribution in [0.5, 0.6) is 11.5 Å². The second-order valence-electron chi connectivity index (χ2n) is 6.11. The predicted molar refractivity (Wildman–Crippen MR) is 105 cm³/mol. The maximum atomic E-state index is 13.2. The molecule has 7 nitrogen and oxygen atoms in total. The number of aromatic nitrogens is 2. The number of ether oxygens (including phenoxy) is 2. The fraction of sp³-hybridized carbons (Fsp3) is 0.190. The van der Waals surface area contributed by atoms with Crippen LogP contribution in [0.1, 0.15) is 16.1 Å². The summed E-state index contributed by atoms with van der Waals surface area (Å²) in [4.78, 5) is 25.0. The number of carbonyl (C=O) groups excluding carboxylic acids is 1. The number of hydrogen-bond acceptors (Lipinski definition) is 5. The van der Waals surface area contributed by atoms with Crippen molar-refractivity contribution in [1.29, 1.82) is 0 Å². The lowest BCUT2D eigenvalue weighted by Gasteiger charge is -2.12. The van der Waals surface area contributed by atoms with Gasteiger partial charge >= 0.3 is 0 Å².